The third-order valence-corrected chi connectivity index (χ3v) is 8.85. The van der Waals surface area contributed by atoms with Crippen LogP contribution in [0.4, 0.5) is 0 Å². The first-order chi connectivity index (χ1) is 15.6. The van der Waals surface area contributed by atoms with E-state index in [0.29, 0.717) is 17.4 Å². The highest BCUT2D eigenvalue weighted by molar-refractivity contribution is 7.89. The molecule has 0 saturated carbocycles. The topological polar surface area (TPSA) is 40.6 Å². The largest absolute Gasteiger partial charge is 0.303 e. The molecule has 0 spiro atoms. The number of likely N-dealkylation sites (tertiary alicyclic amines) is 1. The number of benzene rings is 3. The maximum Gasteiger partial charge on any atom is 0.244 e. The first-order valence-electron chi connectivity index (χ1n) is 11.6. The van der Waals surface area contributed by atoms with Crippen LogP contribution in [0.3, 0.4) is 0 Å². The number of rotatable bonds is 6. The Bertz CT molecular complexity index is 1140. The van der Waals surface area contributed by atoms with Gasteiger partial charge in [-0.15, -0.1) is 0 Å². The fraction of sp³-hybridized carbons (Fsp3) is 0.333. The monoisotopic (exact) mass is 446 g/mol. The molecule has 2 heterocycles. The molecular weight excluding hydrogens is 416 g/mol. The summed E-state index contributed by atoms with van der Waals surface area (Å²) in [6.07, 6.45) is 3.18. The molecule has 32 heavy (non-hydrogen) atoms. The van der Waals surface area contributed by atoms with Crippen LogP contribution in [-0.2, 0) is 10.0 Å². The van der Waals surface area contributed by atoms with Gasteiger partial charge in [0.2, 0.25) is 10.0 Å². The Labute approximate surface area is 191 Å². The van der Waals surface area contributed by atoms with Gasteiger partial charge in [0.15, 0.2) is 0 Å². The molecule has 5 rings (SSSR count). The summed E-state index contributed by atoms with van der Waals surface area (Å²) in [5, 5.41) is 0. The van der Waals surface area contributed by atoms with Gasteiger partial charge in [-0.1, -0.05) is 78.9 Å². The Morgan fingerprint density at radius 3 is 2.00 bits per heavy atom. The van der Waals surface area contributed by atoms with Crippen molar-refractivity contribution >= 4 is 10.0 Å². The normalized spacial score (nSPS) is 21.4. The van der Waals surface area contributed by atoms with Gasteiger partial charge in [0.1, 0.15) is 0 Å². The fourth-order valence-electron chi connectivity index (χ4n) is 5.26. The standard InChI is InChI=1S/C27H30N2O2S/c30-32(31)26-15-8-7-14-25(26)27(24-12-5-2-6-13-24)29(32)19-9-18-28-20-16-23(17-21-28)22-10-3-1-4-11-22/h1-8,10-15,23,27H,9,16-21H2. The predicted octanol–water partition coefficient (Wildman–Crippen LogP) is 5.05. The lowest BCUT2D eigenvalue weighted by Crippen LogP contribution is -2.36. The van der Waals surface area contributed by atoms with Crippen LogP contribution in [0.2, 0.25) is 0 Å². The summed E-state index contributed by atoms with van der Waals surface area (Å²) < 4.78 is 28.4. The molecule has 1 unspecified atom stereocenters. The average molecular weight is 447 g/mol. The summed E-state index contributed by atoms with van der Waals surface area (Å²) in [6.45, 7) is 3.63. The molecule has 3 aromatic rings. The molecule has 0 radical (unpaired) electrons. The Morgan fingerprint density at radius 2 is 1.31 bits per heavy atom. The molecule has 3 aromatic carbocycles. The van der Waals surface area contributed by atoms with Crippen LogP contribution in [0.25, 0.3) is 0 Å². The molecule has 4 nitrogen and oxygen atoms in total. The van der Waals surface area contributed by atoms with Crippen LogP contribution < -0.4 is 0 Å². The first-order valence-corrected chi connectivity index (χ1v) is 13.0. The van der Waals surface area contributed by atoms with Gasteiger partial charge in [-0.05, 0) is 67.6 Å². The van der Waals surface area contributed by atoms with Crippen LogP contribution in [0.1, 0.15) is 47.9 Å². The third-order valence-electron chi connectivity index (χ3n) is 6.91. The Kier molecular flexibility index (Phi) is 6.13. The smallest absolute Gasteiger partial charge is 0.244 e. The van der Waals surface area contributed by atoms with Crippen LogP contribution in [0.5, 0.6) is 0 Å². The van der Waals surface area contributed by atoms with E-state index in [9.17, 15) is 8.42 Å². The maximum atomic E-state index is 13.4. The molecule has 2 aliphatic rings. The molecule has 2 aliphatic heterocycles. The molecule has 1 saturated heterocycles. The number of sulfonamides is 1. The van der Waals surface area contributed by atoms with E-state index in [1.807, 2.05) is 48.5 Å². The van der Waals surface area contributed by atoms with E-state index in [2.05, 4.69) is 35.2 Å². The number of nitrogens with zero attached hydrogens (tertiary/aromatic N) is 2. The minimum atomic E-state index is -3.48. The van der Waals surface area contributed by atoms with Crippen molar-refractivity contribution < 1.29 is 8.42 Å². The van der Waals surface area contributed by atoms with Crippen molar-refractivity contribution in [3.8, 4) is 0 Å². The number of hydrogen-bond acceptors (Lipinski definition) is 3. The van der Waals surface area contributed by atoms with Crippen molar-refractivity contribution in [3.63, 3.8) is 0 Å². The molecule has 166 valence electrons. The molecule has 0 N–H and O–H groups in total. The molecule has 1 atom stereocenters. The second kappa shape index (κ2) is 9.18. The molecule has 0 amide bonds. The van der Waals surface area contributed by atoms with Gasteiger partial charge in [-0.2, -0.15) is 4.31 Å². The fourth-order valence-corrected chi connectivity index (χ4v) is 7.12. The van der Waals surface area contributed by atoms with Gasteiger partial charge < -0.3 is 4.90 Å². The Balaban J connectivity index is 1.25. The summed E-state index contributed by atoms with van der Waals surface area (Å²) in [5.41, 5.74) is 3.37. The van der Waals surface area contributed by atoms with Crippen LogP contribution in [0, 0.1) is 0 Å². The van der Waals surface area contributed by atoms with Crippen molar-refractivity contribution in [2.24, 2.45) is 0 Å². The summed E-state index contributed by atoms with van der Waals surface area (Å²) in [4.78, 5) is 2.95. The zero-order chi connectivity index (χ0) is 22.0. The summed E-state index contributed by atoms with van der Waals surface area (Å²) >= 11 is 0. The van der Waals surface area contributed by atoms with Crippen molar-refractivity contribution in [2.45, 2.75) is 36.1 Å². The van der Waals surface area contributed by atoms with E-state index in [4.69, 9.17) is 0 Å². The maximum absolute atomic E-state index is 13.4. The molecule has 1 fully saturated rings. The van der Waals surface area contributed by atoms with E-state index in [1.54, 1.807) is 10.4 Å². The lowest BCUT2D eigenvalue weighted by Gasteiger charge is -2.33. The van der Waals surface area contributed by atoms with Gasteiger partial charge in [-0.25, -0.2) is 8.42 Å². The lowest BCUT2D eigenvalue weighted by atomic mass is 9.89. The highest BCUT2D eigenvalue weighted by atomic mass is 32.2. The van der Waals surface area contributed by atoms with Crippen molar-refractivity contribution in [2.75, 3.05) is 26.2 Å². The van der Waals surface area contributed by atoms with Crippen molar-refractivity contribution in [3.05, 3.63) is 102 Å². The minimum absolute atomic E-state index is 0.235. The van der Waals surface area contributed by atoms with E-state index in [0.717, 1.165) is 37.2 Å². The van der Waals surface area contributed by atoms with Gasteiger partial charge in [0.05, 0.1) is 10.9 Å². The summed E-state index contributed by atoms with van der Waals surface area (Å²) in [5.74, 6) is 0.642. The van der Waals surface area contributed by atoms with Crippen molar-refractivity contribution in [1.82, 2.24) is 9.21 Å². The average Bonchev–Trinajstić information content (AvgIpc) is 3.07. The predicted molar refractivity (Wildman–Crippen MR) is 128 cm³/mol. The highest BCUT2D eigenvalue weighted by Gasteiger charge is 2.42. The number of hydrogen-bond donors (Lipinski definition) is 0. The molecular formula is C27H30N2O2S. The first kappa shape index (κ1) is 21.4. The zero-order valence-corrected chi connectivity index (χ0v) is 19.1. The van der Waals surface area contributed by atoms with E-state index in [1.165, 1.54) is 18.4 Å². The second-order valence-electron chi connectivity index (χ2n) is 8.85. The molecule has 0 bridgehead atoms. The zero-order valence-electron chi connectivity index (χ0n) is 18.3. The summed E-state index contributed by atoms with van der Waals surface area (Å²) in [7, 11) is -3.48. The number of piperidine rings is 1. The van der Waals surface area contributed by atoms with E-state index in [-0.39, 0.29) is 6.04 Å². The van der Waals surface area contributed by atoms with Crippen LogP contribution in [0.15, 0.2) is 89.8 Å². The van der Waals surface area contributed by atoms with Gasteiger partial charge in [0.25, 0.3) is 0 Å². The van der Waals surface area contributed by atoms with Gasteiger partial charge in [-0.3, -0.25) is 0 Å². The van der Waals surface area contributed by atoms with E-state index >= 15 is 0 Å². The molecule has 0 aromatic heterocycles. The van der Waals surface area contributed by atoms with Crippen LogP contribution in [-0.4, -0.2) is 43.8 Å². The van der Waals surface area contributed by atoms with E-state index < -0.39 is 10.0 Å². The second-order valence-corrected chi connectivity index (χ2v) is 10.7. The Morgan fingerprint density at radius 1 is 0.719 bits per heavy atom. The van der Waals surface area contributed by atoms with Crippen molar-refractivity contribution in [1.29, 1.82) is 0 Å². The summed E-state index contributed by atoms with van der Waals surface area (Å²) in [6, 6.07) is 28.0. The number of fused-ring (bicyclic) bond motifs is 1. The molecule has 0 aliphatic carbocycles. The van der Waals surface area contributed by atoms with Crippen LogP contribution >= 0.6 is 0 Å². The molecule has 5 heteroatoms. The third kappa shape index (κ3) is 4.13. The highest BCUT2D eigenvalue weighted by Crippen LogP contribution is 2.43. The van der Waals surface area contributed by atoms with Gasteiger partial charge in [0, 0.05) is 6.54 Å². The minimum Gasteiger partial charge on any atom is -0.303 e. The SMILES string of the molecule is O=S1(=O)c2ccccc2C(c2ccccc2)N1CCCN1CCC(c2ccccc2)CC1. The Hall–Kier alpha value is -2.47. The lowest BCUT2D eigenvalue weighted by molar-refractivity contribution is 0.203. The van der Waals surface area contributed by atoms with Gasteiger partial charge >= 0.3 is 0 Å². The quantitative estimate of drug-likeness (QED) is 0.532.